The largest absolute Gasteiger partial charge is 0.483 e. The van der Waals surface area contributed by atoms with Gasteiger partial charge in [-0.3, -0.25) is 0 Å². The van der Waals surface area contributed by atoms with Crippen molar-refractivity contribution >= 4 is 39.0 Å². The van der Waals surface area contributed by atoms with Gasteiger partial charge in [0.25, 0.3) is 0 Å². The van der Waals surface area contributed by atoms with Crippen LogP contribution in [0.4, 0.5) is 17.1 Å². The third-order valence-corrected chi connectivity index (χ3v) is 11.7. The van der Waals surface area contributed by atoms with Crippen molar-refractivity contribution in [2.24, 2.45) is 0 Å². The van der Waals surface area contributed by atoms with Gasteiger partial charge in [0, 0.05) is 47.7 Å². The molecule has 5 aromatic rings. The Morgan fingerprint density at radius 1 is 0.760 bits per heavy atom. The minimum Gasteiger partial charge on any atom is -0.483 e. The Hall–Kier alpha value is -5.10. The number of aryl methyl sites for hydroxylation is 3. The fourth-order valence-electron chi connectivity index (χ4n) is 8.95. The summed E-state index contributed by atoms with van der Waals surface area (Å²) in [7, 11) is 2.19. The number of furan rings is 1. The van der Waals surface area contributed by atoms with Gasteiger partial charge in [-0.25, -0.2) is 0 Å². The van der Waals surface area contributed by atoms with Crippen LogP contribution in [-0.2, 0) is 12.8 Å². The molecule has 4 atom stereocenters. The van der Waals surface area contributed by atoms with Crippen LogP contribution in [0.5, 0.6) is 5.75 Å². The van der Waals surface area contributed by atoms with E-state index in [2.05, 4.69) is 166 Å². The molecule has 0 spiro atoms. The summed E-state index contributed by atoms with van der Waals surface area (Å²) in [6.45, 7) is 13.4. The third kappa shape index (κ3) is 4.46. The van der Waals surface area contributed by atoms with Crippen LogP contribution < -0.4 is 14.5 Å². The number of fused-ring (bicyclic) bond motifs is 7. The highest BCUT2D eigenvalue weighted by molar-refractivity contribution is 6.11. The topological polar surface area (TPSA) is 35.3 Å². The number of hydrogen-bond donors (Lipinski definition) is 0. The molecule has 0 radical (unpaired) electrons. The molecule has 4 heterocycles. The number of anilines is 3. The lowest BCUT2D eigenvalue weighted by Crippen LogP contribution is -2.43. The van der Waals surface area contributed by atoms with Gasteiger partial charge in [-0.15, -0.1) is 0 Å². The van der Waals surface area contributed by atoms with Gasteiger partial charge < -0.3 is 28.8 Å². The van der Waals surface area contributed by atoms with Crippen molar-refractivity contribution in [2.75, 3.05) is 16.8 Å². The Morgan fingerprint density at radius 2 is 1.52 bits per heavy atom. The van der Waals surface area contributed by atoms with Crippen molar-refractivity contribution in [3.63, 3.8) is 0 Å². The normalized spacial score (nSPS) is 22.4. The molecule has 0 saturated heterocycles. The molecule has 2 unspecified atom stereocenters. The zero-order valence-electron chi connectivity index (χ0n) is 30.1. The van der Waals surface area contributed by atoms with E-state index in [0.29, 0.717) is 6.04 Å². The monoisotopic (exact) mass is 662 g/mol. The summed E-state index contributed by atoms with van der Waals surface area (Å²) >= 11 is 0. The first-order chi connectivity index (χ1) is 24.2. The predicted octanol–water partition coefficient (Wildman–Crippen LogP) is 10.1. The van der Waals surface area contributed by atoms with E-state index in [4.69, 9.17) is 9.15 Å². The van der Waals surface area contributed by atoms with E-state index in [1.165, 1.54) is 44.7 Å². The number of rotatable bonds is 6. The lowest BCUT2D eigenvalue weighted by atomic mass is 9.86. The van der Waals surface area contributed by atoms with Crippen molar-refractivity contribution in [2.45, 2.75) is 84.8 Å². The average Bonchev–Trinajstić information content (AvgIpc) is 3.86. The van der Waals surface area contributed by atoms with E-state index >= 15 is 0 Å². The van der Waals surface area contributed by atoms with Crippen LogP contribution in [0.25, 0.3) is 21.9 Å². The maximum atomic E-state index is 7.06. The molecular weight excluding hydrogens is 617 g/mol. The maximum absolute atomic E-state index is 7.06. The highest BCUT2D eigenvalue weighted by atomic mass is 16.5. The molecule has 50 heavy (non-hydrogen) atoms. The van der Waals surface area contributed by atoms with Gasteiger partial charge in [0.05, 0.1) is 22.8 Å². The summed E-state index contributed by atoms with van der Waals surface area (Å²) in [5.41, 5.74) is 13.1. The second-order valence-corrected chi connectivity index (χ2v) is 14.8. The van der Waals surface area contributed by atoms with Crippen molar-refractivity contribution < 1.29 is 9.15 Å². The predicted molar refractivity (Wildman–Crippen MR) is 205 cm³/mol. The minimum atomic E-state index is -0.0430. The van der Waals surface area contributed by atoms with Gasteiger partial charge >= 0.3 is 0 Å². The van der Waals surface area contributed by atoms with Crippen LogP contribution in [0.3, 0.4) is 0 Å². The van der Waals surface area contributed by atoms with Crippen LogP contribution in [0.1, 0.15) is 62.8 Å². The second kappa shape index (κ2) is 11.5. The summed E-state index contributed by atoms with van der Waals surface area (Å²) in [6, 6.07) is 27.0. The molecule has 0 bridgehead atoms. The van der Waals surface area contributed by atoms with E-state index in [-0.39, 0.29) is 24.4 Å². The van der Waals surface area contributed by atoms with Crippen LogP contribution >= 0.6 is 0 Å². The quantitative estimate of drug-likeness (QED) is 0.180. The van der Waals surface area contributed by atoms with Gasteiger partial charge in [0.15, 0.2) is 5.58 Å². The zero-order valence-corrected chi connectivity index (χ0v) is 30.1. The van der Waals surface area contributed by atoms with Gasteiger partial charge in [-0.05, 0) is 88.8 Å². The van der Waals surface area contributed by atoms with Crippen LogP contribution in [0.2, 0.25) is 0 Å². The molecule has 1 aliphatic carbocycles. The first kappa shape index (κ1) is 30.9. The number of allylic oxidation sites excluding steroid dienone is 2. The molecule has 9 rings (SSSR count). The SMILES string of the molecule is CC1=C(N2C=CN(C(C)C)[C@H]2C)C2Oc3c(CCc4ccc5c(oc6c(C)cccc65)c4N4c5ccccc5N(C)[C@H]4C)cccc3C2C=C1. The molecule has 0 N–H and O–H groups in total. The second-order valence-electron chi connectivity index (χ2n) is 14.8. The van der Waals surface area contributed by atoms with Crippen molar-refractivity contribution in [3.8, 4) is 5.75 Å². The molecule has 6 nitrogen and oxygen atoms in total. The minimum absolute atomic E-state index is 0.0430. The average molecular weight is 663 g/mol. The van der Waals surface area contributed by atoms with Gasteiger partial charge in [0.1, 0.15) is 29.8 Å². The Labute approximate surface area is 295 Å². The first-order valence-corrected chi connectivity index (χ1v) is 18.2. The summed E-state index contributed by atoms with van der Waals surface area (Å²) < 4.78 is 13.9. The fraction of sp³-hybridized carbons (Fsp3) is 0.318. The molecule has 0 amide bonds. The Bertz CT molecular complexity index is 2260. The first-order valence-electron chi connectivity index (χ1n) is 18.2. The van der Waals surface area contributed by atoms with Crippen LogP contribution in [-0.4, -0.2) is 41.3 Å². The van der Waals surface area contributed by atoms with E-state index in [1.807, 2.05) is 0 Å². The number of benzene rings is 4. The Kier molecular flexibility index (Phi) is 7.10. The fourth-order valence-corrected chi connectivity index (χ4v) is 8.95. The zero-order chi connectivity index (χ0) is 34.4. The van der Waals surface area contributed by atoms with E-state index in [0.717, 1.165) is 46.4 Å². The molecule has 0 fully saturated rings. The summed E-state index contributed by atoms with van der Waals surface area (Å²) in [5.74, 6) is 1.25. The summed E-state index contributed by atoms with van der Waals surface area (Å²) in [6.07, 6.45) is 11.2. The molecule has 3 aliphatic heterocycles. The van der Waals surface area contributed by atoms with E-state index < -0.39 is 0 Å². The molecule has 6 heteroatoms. The summed E-state index contributed by atoms with van der Waals surface area (Å²) in [4.78, 5) is 9.69. The van der Waals surface area contributed by atoms with Crippen molar-refractivity contribution in [3.05, 3.63) is 131 Å². The Morgan fingerprint density at radius 3 is 2.32 bits per heavy atom. The standard InChI is InChI=1S/C44H46N4O2/c1-26(2)46-24-25-47(30(46)6)39-27(3)18-22-35-34-15-11-13-32(42(34)50-43(35)39)20-19-31-21-23-36-33-14-10-12-28(4)41(33)49-44(36)40(31)48-29(5)45(7)37-16-8-9-17-38(37)48/h8-18,21-26,29-30,35,43H,19-20H2,1-7H3/t29-,30-,35?,43?/m1/s1. The Balaban J connectivity index is 1.09. The lowest BCUT2D eigenvalue weighted by molar-refractivity contribution is 0.133. The number of para-hydroxylation sites is 4. The molecule has 1 aromatic heterocycles. The molecular formula is C44H46N4O2. The van der Waals surface area contributed by atoms with Crippen molar-refractivity contribution in [1.82, 2.24) is 9.80 Å². The number of hydrogen-bond acceptors (Lipinski definition) is 6. The van der Waals surface area contributed by atoms with Gasteiger partial charge in [0.2, 0.25) is 0 Å². The van der Waals surface area contributed by atoms with Crippen LogP contribution in [0, 0.1) is 6.92 Å². The van der Waals surface area contributed by atoms with E-state index in [1.54, 1.807) is 0 Å². The molecule has 4 aromatic carbocycles. The smallest absolute Gasteiger partial charge is 0.159 e. The maximum Gasteiger partial charge on any atom is 0.159 e. The molecule has 254 valence electrons. The third-order valence-electron chi connectivity index (χ3n) is 11.7. The molecule has 0 saturated carbocycles. The van der Waals surface area contributed by atoms with E-state index in [9.17, 15) is 0 Å². The highest BCUT2D eigenvalue weighted by Crippen LogP contribution is 2.50. The lowest BCUT2D eigenvalue weighted by Gasteiger charge is -2.38. The van der Waals surface area contributed by atoms with Crippen LogP contribution in [0.15, 0.2) is 113 Å². The summed E-state index contributed by atoms with van der Waals surface area (Å²) in [5, 5.41) is 2.33. The van der Waals surface area contributed by atoms with Gasteiger partial charge in [-0.2, -0.15) is 0 Å². The van der Waals surface area contributed by atoms with Crippen molar-refractivity contribution in [1.29, 1.82) is 0 Å². The van der Waals surface area contributed by atoms with Gasteiger partial charge in [-0.1, -0.05) is 72.8 Å². The highest BCUT2D eigenvalue weighted by Gasteiger charge is 2.43. The number of nitrogens with zero attached hydrogens (tertiary/aromatic N) is 4. The number of ether oxygens (including phenoxy) is 1. The molecule has 4 aliphatic rings.